The maximum atomic E-state index is 12.6. The summed E-state index contributed by atoms with van der Waals surface area (Å²) in [5.74, 6) is -0.153. The number of hydrogen-bond acceptors (Lipinski definition) is 11. The molecule has 0 bridgehead atoms. The molecule has 2 aromatic carbocycles. The summed E-state index contributed by atoms with van der Waals surface area (Å²) in [6, 6.07) is 16.6. The van der Waals surface area contributed by atoms with Gasteiger partial charge in [-0.25, -0.2) is 4.79 Å². The van der Waals surface area contributed by atoms with Crippen molar-refractivity contribution in [3.8, 4) is 11.1 Å². The van der Waals surface area contributed by atoms with Crippen molar-refractivity contribution in [3.63, 3.8) is 0 Å². The zero-order chi connectivity index (χ0) is 34.1. The Bertz CT molecular complexity index is 1120. The molecule has 3 rings (SSSR count). The van der Waals surface area contributed by atoms with E-state index in [2.05, 4.69) is 24.3 Å². The molecular weight excluding hydrogens is 622 g/mol. The Hall–Kier alpha value is -3.10. The molecule has 12 nitrogen and oxygen atoms in total. The fourth-order valence-electron chi connectivity index (χ4n) is 4.91. The molecule has 0 saturated heterocycles. The third kappa shape index (κ3) is 15.4. The largest absolute Gasteiger partial charge is 0.463 e. The van der Waals surface area contributed by atoms with Gasteiger partial charge >= 0.3 is 12.1 Å². The van der Waals surface area contributed by atoms with Crippen LogP contribution in [0.4, 0.5) is 4.79 Å². The molecule has 0 saturated carbocycles. The highest BCUT2D eigenvalue weighted by molar-refractivity contribution is 5.79. The van der Waals surface area contributed by atoms with E-state index in [1.54, 1.807) is 7.05 Å². The molecule has 0 atom stereocenters. The lowest BCUT2D eigenvalue weighted by atomic mass is 9.98. The molecule has 1 aliphatic rings. The summed E-state index contributed by atoms with van der Waals surface area (Å²) in [5.41, 5.74) is 4.79. The molecule has 0 heterocycles. The normalized spacial score (nSPS) is 12.1. The Morgan fingerprint density at radius 2 is 0.958 bits per heavy atom. The van der Waals surface area contributed by atoms with Gasteiger partial charge in [0, 0.05) is 25.9 Å². The van der Waals surface area contributed by atoms with Crippen LogP contribution in [-0.4, -0.2) is 136 Å². The first-order chi connectivity index (χ1) is 23.6. The van der Waals surface area contributed by atoms with Gasteiger partial charge in [-0.3, -0.25) is 4.79 Å². The molecule has 0 aromatic heterocycles. The van der Waals surface area contributed by atoms with Crippen molar-refractivity contribution in [1.29, 1.82) is 0 Å². The SMILES string of the molecule is CCCC(=O)OCCOCCOCCOCCOCCOCCOCCOCCN(C)C(=O)OCC1c2ccccc2-c2ccccc21. The van der Waals surface area contributed by atoms with Crippen molar-refractivity contribution in [2.24, 2.45) is 0 Å². The Morgan fingerprint density at radius 1 is 0.562 bits per heavy atom. The number of hydrogen-bond donors (Lipinski definition) is 0. The summed E-state index contributed by atoms with van der Waals surface area (Å²) >= 11 is 0. The molecule has 1 aliphatic carbocycles. The number of ether oxygens (including phenoxy) is 9. The number of likely N-dealkylation sites (N-methyl/N-ethyl adjacent to an activating group) is 1. The van der Waals surface area contributed by atoms with Crippen LogP contribution in [0.25, 0.3) is 11.1 Å². The molecule has 12 heteroatoms. The van der Waals surface area contributed by atoms with Crippen LogP contribution in [0.3, 0.4) is 0 Å². The second kappa shape index (κ2) is 25.0. The number of carbonyl (C=O) groups is 2. The number of benzene rings is 2. The lowest BCUT2D eigenvalue weighted by Gasteiger charge is -2.19. The molecule has 0 radical (unpaired) electrons. The lowest BCUT2D eigenvalue weighted by molar-refractivity contribution is -0.145. The first-order valence-corrected chi connectivity index (χ1v) is 16.9. The summed E-state index contributed by atoms with van der Waals surface area (Å²) in [6.45, 7) is 9.25. The van der Waals surface area contributed by atoms with Crippen LogP contribution in [0.2, 0.25) is 0 Å². The molecule has 2 aromatic rings. The highest BCUT2D eigenvalue weighted by Gasteiger charge is 2.29. The first kappa shape index (κ1) is 39.3. The van der Waals surface area contributed by atoms with Gasteiger partial charge in [-0.2, -0.15) is 0 Å². The third-order valence-corrected chi connectivity index (χ3v) is 7.40. The van der Waals surface area contributed by atoms with E-state index in [-0.39, 0.29) is 24.6 Å². The van der Waals surface area contributed by atoms with Gasteiger partial charge in [-0.15, -0.1) is 0 Å². The van der Waals surface area contributed by atoms with Gasteiger partial charge in [0.15, 0.2) is 0 Å². The summed E-state index contributed by atoms with van der Waals surface area (Å²) in [7, 11) is 1.71. The summed E-state index contributed by atoms with van der Waals surface area (Å²) in [6.07, 6.45) is 0.853. The minimum absolute atomic E-state index is 0.0385. The average Bonchev–Trinajstić information content (AvgIpc) is 3.42. The van der Waals surface area contributed by atoms with Gasteiger partial charge in [0.05, 0.1) is 92.5 Å². The van der Waals surface area contributed by atoms with E-state index >= 15 is 0 Å². The molecule has 268 valence electrons. The molecular formula is C36H53NO11. The van der Waals surface area contributed by atoms with Crippen molar-refractivity contribution in [1.82, 2.24) is 4.90 Å². The smallest absolute Gasteiger partial charge is 0.409 e. The number of rotatable bonds is 28. The second-order valence-electron chi connectivity index (χ2n) is 11.0. The summed E-state index contributed by atoms with van der Waals surface area (Å²) < 4.78 is 49.0. The van der Waals surface area contributed by atoms with Crippen molar-refractivity contribution in [2.75, 3.05) is 119 Å². The fraction of sp³-hybridized carbons (Fsp3) is 0.611. The molecule has 0 unspecified atom stereocenters. The van der Waals surface area contributed by atoms with E-state index < -0.39 is 0 Å². The van der Waals surface area contributed by atoms with E-state index in [4.69, 9.17) is 42.6 Å². The van der Waals surface area contributed by atoms with Crippen LogP contribution < -0.4 is 0 Å². The molecule has 48 heavy (non-hydrogen) atoms. The zero-order valence-electron chi connectivity index (χ0n) is 28.6. The van der Waals surface area contributed by atoms with Crippen LogP contribution >= 0.6 is 0 Å². The highest BCUT2D eigenvalue weighted by atomic mass is 16.6. The van der Waals surface area contributed by atoms with E-state index in [1.807, 2.05) is 31.2 Å². The van der Waals surface area contributed by atoms with Gasteiger partial charge < -0.3 is 47.5 Å². The quantitative estimate of drug-likeness (QED) is 0.0947. The number of fused-ring (bicyclic) bond motifs is 3. The third-order valence-electron chi connectivity index (χ3n) is 7.40. The molecule has 0 spiro atoms. The minimum atomic E-state index is -0.366. The van der Waals surface area contributed by atoms with E-state index in [9.17, 15) is 9.59 Å². The maximum Gasteiger partial charge on any atom is 0.409 e. The van der Waals surface area contributed by atoms with Gasteiger partial charge in [0.25, 0.3) is 0 Å². The predicted octanol–water partition coefficient (Wildman–Crippen LogP) is 4.33. The average molecular weight is 676 g/mol. The monoisotopic (exact) mass is 675 g/mol. The second-order valence-corrected chi connectivity index (χ2v) is 11.0. The number of amides is 1. The van der Waals surface area contributed by atoms with Crippen LogP contribution in [0, 0.1) is 0 Å². The van der Waals surface area contributed by atoms with E-state index in [1.165, 1.54) is 27.2 Å². The van der Waals surface area contributed by atoms with E-state index in [0.29, 0.717) is 112 Å². The van der Waals surface area contributed by atoms with Gasteiger partial charge in [0.2, 0.25) is 0 Å². The standard InChI is InChI=1S/C36H53NO11/c1-3-8-35(38)47-28-27-46-26-25-45-24-23-44-22-21-43-20-19-42-18-17-41-16-15-40-14-13-37(2)36(39)48-29-34-32-11-6-4-9-30(32)31-10-5-7-12-33(31)34/h4-7,9-12,34H,3,8,13-29H2,1-2H3. The van der Waals surface area contributed by atoms with Crippen LogP contribution in [-0.2, 0) is 47.4 Å². The number of esters is 1. The maximum absolute atomic E-state index is 12.6. The Labute approximate surface area is 284 Å². The predicted molar refractivity (Wildman–Crippen MR) is 179 cm³/mol. The molecule has 1 amide bonds. The lowest BCUT2D eigenvalue weighted by Crippen LogP contribution is -2.32. The van der Waals surface area contributed by atoms with Crippen LogP contribution in [0.15, 0.2) is 48.5 Å². The molecule has 0 aliphatic heterocycles. The number of carbonyl (C=O) groups excluding carboxylic acids is 2. The van der Waals surface area contributed by atoms with Crippen molar-refractivity contribution >= 4 is 12.1 Å². The Kier molecular flexibility index (Phi) is 20.5. The highest BCUT2D eigenvalue weighted by Crippen LogP contribution is 2.44. The topological polar surface area (TPSA) is 120 Å². The van der Waals surface area contributed by atoms with Crippen molar-refractivity contribution < 1.29 is 52.2 Å². The van der Waals surface area contributed by atoms with E-state index in [0.717, 1.165) is 6.42 Å². The number of nitrogens with zero attached hydrogens (tertiary/aromatic N) is 1. The Balaban J connectivity index is 1.03. The fourth-order valence-corrected chi connectivity index (χ4v) is 4.91. The van der Waals surface area contributed by atoms with Crippen LogP contribution in [0.5, 0.6) is 0 Å². The summed E-state index contributed by atoms with van der Waals surface area (Å²) in [5, 5.41) is 0. The Morgan fingerprint density at radius 3 is 1.40 bits per heavy atom. The summed E-state index contributed by atoms with van der Waals surface area (Å²) in [4.78, 5) is 25.3. The zero-order valence-corrected chi connectivity index (χ0v) is 28.6. The molecule has 0 N–H and O–H groups in total. The van der Waals surface area contributed by atoms with Gasteiger partial charge in [-0.1, -0.05) is 55.5 Å². The molecule has 0 fully saturated rings. The van der Waals surface area contributed by atoms with Gasteiger partial charge in [0.1, 0.15) is 13.2 Å². The van der Waals surface area contributed by atoms with Crippen molar-refractivity contribution in [2.45, 2.75) is 25.7 Å². The van der Waals surface area contributed by atoms with Crippen LogP contribution in [0.1, 0.15) is 36.8 Å². The first-order valence-electron chi connectivity index (χ1n) is 16.9. The van der Waals surface area contributed by atoms with Crippen molar-refractivity contribution in [3.05, 3.63) is 59.7 Å². The van der Waals surface area contributed by atoms with Gasteiger partial charge in [-0.05, 0) is 28.7 Å². The minimum Gasteiger partial charge on any atom is -0.463 e.